The molecule has 0 bridgehead atoms. The Morgan fingerprint density at radius 1 is 1.45 bits per heavy atom. The molecule has 5 heteroatoms. The van der Waals surface area contributed by atoms with Gasteiger partial charge in [0.25, 0.3) is 5.91 Å². The van der Waals surface area contributed by atoms with E-state index < -0.39 is 0 Å². The first-order valence-electron chi connectivity index (χ1n) is 7.26. The van der Waals surface area contributed by atoms with E-state index in [1.165, 1.54) is 6.42 Å². The van der Waals surface area contributed by atoms with Crippen molar-refractivity contribution in [2.45, 2.75) is 52.1 Å². The molecule has 110 valence electrons. The van der Waals surface area contributed by atoms with Crippen LogP contribution in [0.5, 0.6) is 0 Å². The number of hydrogen-bond acceptors (Lipinski definition) is 3. The summed E-state index contributed by atoms with van der Waals surface area (Å²) in [5.74, 6) is 0.660. The van der Waals surface area contributed by atoms with E-state index in [0.29, 0.717) is 16.4 Å². The fourth-order valence-electron chi connectivity index (χ4n) is 2.82. The number of piperidine rings is 1. The number of carbonyl (C=O) groups is 1. The number of rotatable bonds is 3. The molecule has 1 amide bonds. The van der Waals surface area contributed by atoms with Crippen molar-refractivity contribution in [2.75, 3.05) is 11.9 Å². The third-order valence-electron chi connectivity index (χ3n) is 3.86. The molecule has 0 aliphatic carbocycles. The van der Waals surface area contributed by atoms with Crippen LogP contribution in [0.4, 0.5) is 5.82 Å². The first-order chi connectivity index (χ1) is 9.54. The lowest BCUT2D eigenvalue weighted by Crippen LogP contribution is -2.47. The molecule has 1 aliphatic heterocycles. The normalized spacial score (nSPS) is 22.7. The van der Waals surface area contributed by atoms with Gasteiger partial charge in [-0.1, -0.05) is 11.6 Å². The maximum atomic E-state index is 12.6. The van der Waals surface area contributed by atoms with Gasteiger partial charge in [-0.25, -0.2) is 4.98 Å². The Kier molecular flexibility index (Phi) is 4.86. The average Bonchev–Trinajstić information content (AvgIpc) is 2.41. The quantitative estimate of drug-likeness (QED) is 0.927. The zero-order valence-electron chi connectivity index (χ0n) is 12.3. The number of halogens is 1. The number of nitrogens with zero attached hydrogens (tertiary/aromatic N) is 2. The summed E-state index contributed by atoms with van der Waals surface area (Å²) >= 11 is 6.17. The molecule has 2 rings (SSSR count). The van der Waals surface area contributed by atoms with E-state index in [0.717, 1.165) is 19.4 Å². The lowest BCUT2D eigenvalue weighted by molar-refractivity contribution is 0.0510. The number of aromatic nitrogens is 1. The topological polar surface area (TPSA) is 45.2 Å². The standard InChI is InChI=1S/C15H22ClN3O/c1-4-17-14-13(16)8-12(9-18-14)15(20)19-10(2)6-5-7-11(19)3/h8-11H,4-7H2,1-3H3,(H,17,18)/t10-,11+. The molecule has 20 heavy (non-hydrogen) atoms. The molecule has 2 atom stereocenters. The molecular weight excluding hydrogens is 274 g/mol. The molecule has 0 radical (unpaired) electrons. The smallest absolute Gasteiger partial charge is 0.255 e. The van der Waals surface area contributed by atoms with Gasteiger partial charge in [-0.3, -0.25) is 4.79 Å². The van der Waals surface area contributed by atoms with Crippen molar-refractivity contribution in [3.05, 3.63) is 22.8 Å². The molecule has 1 aliphatic rings. The van der Waals surface area contributed by atoms with E-state index in [9.17, 15) is 4.79 Å². The van der Waals surface area contributed by atoms with Gasteiger partial charge in [0.2, 0.25) is 0 Å². The van der Waals surface area contributed by atoms with Gasteiger partial charge in [0, 0.05) is 24.8 Å². The molecule has 1 saturated heterocycles. The minimum absolute atomic E-state index is 0.0298. The predicted molar refractivity (Wildman–Crippen MR) is 82.4 cm³/mol. The highest BCUT2D eigenvalue weighted by Gasteiger charge is 2.30. The van der Waals surface area contributed by atoms with Crippen LogP contribution < -0.4 is 5.32 Å². The summed E-state index contributed by atoms with van der Waals surface area (Å²) < 4.78 is 0. The monoisotopic (exact) mass is 295 g/mol. The number of nitrogens with one attached hydrogen (secondary N) is 1. The van der Waals surface area contributed by atoms with Gasteiger partial charge < -0.3 is 10.2 Å². The second-order valence-corrected chi connectivity index (χ2v) is 5.83. The Hall–Kier alpha value is -1.29. The molecule has 1 aromatic rings. The highest BCUT2D eigenvalue weighted by molar-refractivity contribution is 6.33. The van der Waals surface area contributed by atoms with Gasteiger partial charge in [0.15, 0.2) is 0 Å². The summed E-state index contributed by atoms with van der Waals surface area (Å²) in [6.45, 7) is 6.94. The Labute approximate surface area is 125 Å². The Morgan fingerprint density at radius 2 is 2.10 bits per heavy atom. The van der Waals surface area contributed by atoms with Crippen LogP contribution in [0.25, 0.3) is 0 Å². The van der Waals surface area contributed by atoms with Crippen molar-refractivity contribution in [1.82, 2.24) is 9.88 Å². The summed E-state index contributed by atoms with van der Waals surface area (Å²) in [5, 5.41) is 3.57. The van der Waals surface area contributed by atoms with E-state index >= 15 is 0 Å². The molecule has 2 heterocycles. The van der Waals surface area contributed by atoms with E-state index in [1.807, 2.05) is 11.8 Å². The number of hydrogen-bond donors (Lipinski definition) is 1. The van der Waals surface area contributed by atoms with E-state index in [1.54, 1.807) is 12.3 Å². The van der Waals surface area contributed by atoms with Crippen LogP contribution in [0.2, 0.25) is 5.02 Å². The molecule has 1 N–H and O–H groups in total. The Morgan fingerprint density at radius 3 is 2.65 bits per heavy atom. The average molecular weight is 296 g/mol. The maximum Gasteiger partial charge on any atom is 0.255 e. The molecule has 0 spiro atoms. The summed E-state index contributed by atoms with van der Waals surface area (Å²) in [4.78, 5) is 18.9. The van der Waals surface area contributed by atoms with Crippen LogP contribution in [-0.2, 0) is 0 Å². The van der Waals surface area contributed by atoms with Crippen LogP contribution in [0, 0.1) is 0 Å². The van der Waals surface area contributed by atoms with Gasteiger partial charge in [0.1, 0.15) is 5.82 Å². The first-order valence-corrected chi connectivity index (χ1v) is 7.64. The summed E-state index contributed by atoms with van der Waals surface area (Å²) in [6, 6.07) is 2.26. The highest BCUT2D eigenvalue weighted by atomic mass is 35.5. The largest absolute Gasteiger partial charge is 0.369 e. The number of anilines is 1. The second kappa shape index (κ2) is 6.44. The second-order valence-electron chi connectivity index (χ2n) is 5.43. The Bertz CT molecular complexity index is 482. The summed E-state index contributed by atoms with van der Waals surface area (Å²) in [5.41, 5.74) is 0.567. The lowest BCUT2D eigenvalue weighted by Gasteiger charge is -2.39. The van der Waals surface area contributed by atoms with Gasteiger partial charge >= 0.3 is 0 Å². The molecule has 0 aromatic carbocycles. The third kappa shape index (κ3) is 3.06. The lowest BCUT2D eigenvalue weighted by atomic mass is 9.96. The number of amides is 1. The van der Waals surface area contributed by atoms with Gasteiger partial charge in [-0.15, -0.1) is 0 Å². The molecule has 1 fully saturated rings. The van der Waals surface area contributed by atoms with E-state index in [4.69, 9.17) is 11.6 Å². The number of carbonyl (C=O) groups excluding carboxylic acids is 1. The van der Waals surface area contributed by atoms with Gasteiger partial charge in [0.05, 0.1) is 10.6 Å². The predicted octanol–water partition coefficient (Wildman–Crippen LogP) is 3.57. The fourth-order valence-corrected chi connectivity index (χ4v) is 3.06. The van der Waals surface area contributed by atoms with Crippen molar-refractivity contribution < 1.29 is 4.79 Å². The molecule has 0 unspecified atom stereocenters. The zero-order valence-corrected chi connectivity index (χ0v) is 13.1. The molecule has 0 saturated carbocycles. The van der Waals surface area contributed by atoms with Crippen molar-refractivity contribution in [2.24, 2.45) is 0 Å². The van der Waals surface area contributed by atoms with Crippen molar-refractivity contribution in [3.8, 4) is 0 Å². The van der Waals surface area contributed by atoms with Crippen molar-refractivity contribution in [3.63, 3.8) is 0 Å². The van der Waals surface area contributed by atoms with Gasteiger partial charge in [-0.2, -0.15) is 0 Å². The molecule has 4 nitrogen and oxygen atoms in total. The first kappa shape index (κ1) is 15.1. The Balaban J connectivity index is 2.22. The van der Waals surface area contributed by atoms with Crippen LogP contribution in [-0.4, -0.2) is 34.4 Å². The molecule has 1 aromatic heterocycles. The number of pyridine rings is 1. The van der Waals surface area contributed by atoms with Crippen LogP contribution in [0.3, 0.4) is 0 Å². The molecular formula is C15H22ClN3O. The fraction of sp³-hybridized carbons (Fsp3) is 0.600. The van der Waals surface area contributed by atoms with Crippen LogP contribution >= 0.6 is 11.6 Å². The highest BCUT2D eigenvalue weighted by Crippen LogP contribution is 2.26. The minimum atomic E-state index is 0.0298. The van der Waals surface area contributed by atoms with Crippen LogP contribution in [0.1, 0.15) is 50.4 Å². The van der Waals surface area contributed by atoms with Gasteiger partial charge in [-0.05, 0) is 46.1 Å². The van der Waals surface area contributed by atoms with Crippen molar-refractivity contribution in [1.29, 1.82) is 0 Å². The summed E-state index contributed by atoms with van der Waals surface area (Å²) in [6.07, 6.45) is 4.92. The number of likely N-dealkylation sites (tertiary alicyclic amines) is 1. The van der Waals surface area contributed by atoms with E-state index in [-0.39, 0.29) is 18.0 Å². The van der Waals surface area contributed by atoms with E-state index in [2.05, 4.69) is 24.1 Å². The third-order valence-corrected chi connectivity index (χ3v) is 4.15. The summed E-state index contributed by atoms with van der Waals surface area (Å²) in [7, 11) is 0. The zero-order chi connectivity index (χ0) is 14.7. The van der Waals surface area contributed by atoms with Crippen LogP contribution in [0.15, 0.2) is 12.3 Å². The van der Waals surface area contributed by atoms with Crippen molar-refractivity contribution >= 4 is 23.3 Å². The minimum Gasteiger partial charge on any atom is -0.369 e. The maximum absolute atomic E-state index is 12.6. The SMILES string of the molecule is CCNc1ncc(C(=O)N2[C@H](C)CCC[C@@H]2C)cc1Cl.